The molecule has 0 aromatic heterocycles. The van der Waals surface area contributed by atoms with Crippen molar-refractivity contribution in [1.29, 1.82) is 0 Å². The molecule has 23 nitrogen and oxygen atoms in total. The second kappa shape index (κ2) is 18.0. The minimum atomic E-state index is -2.07. The molecule has 296 valence electrons. The number of carbonyl (C=O) groups excluding carboxylic acids is 2. The summed E-state index contributed by atoms with van der Waals surface area (Å²) >= 11 is 0. The van der Waals surface area contributed by atoms with Crippen molar-refractivity contribution in [3.8, 4) is 0 Å². The van der Waals surface area contributed by atoms with Crippen LogP contribution < -0.4 is 10.6 Å². The Balaban J connectivity index is 1.62. The smallest absolute Gasteiger partial charge is 0.217 e. The van der Waals surface area contributed by atoms with E-state index in [1.54, 1.807) is 0 Å². The summed E-state index contributed by atoms with van der Waals surface area (Å²) in [7, 11) is 0. The van der Waals surface area contributed by atoms with Crippen LogP contribution in [0.1, 0.15) is 13.8 Å². The number of hydrogen-bond donors (Lipinski definition) is 14. The van der Waals surface area contributed by atoms with Crippen LogP contribution in [0.4, 0.5) is 0 Å². The fraction of sp³-hybridized carbons (Fsp3) is 0.929. The van der Waals surface area contributed by atoms with Crippen LogP contribution >= 0.6 is 0 Å². The topological polar surface area (TPSA) is 366 Å². The minimum Gasteiger partial charge on any atom is -0.394 e. The average Bonchev–Trinajstić information content (AvgIpc) is 3.08. The zero-order valence-electron chi connectivity index (χ0n) is 27.4. The summed E-state index contributed by atoms with van der Waals surface area (Å²) in [6.07, 6.45) is -31.8. The van der Waals surface area contributed by atoms with Gasteiger partial charge >= 0.3 is 0 Å². The van der Waals surface area contributed by atoms with E-state index in [0.717, 1.165) is 13.8 Å². The maximum absolute atomic E-state index is 12.4. The summed E-state index contributed by atoms with van der Waals surface area (Å²) in [5, 5.41) is 130. The van der Waals surface area contributed by atoms with E-state index in [1.165, 1.54) is 0 Å². The number of aliphatic hydroxyl groups excluding tert-OH is 12. The van der Waals surface area contributed by atoms with Crippen molar-refractivity contribution < 1.29 is 104 Å². The van der Waals surface area contributed by atoms with Gasteiger partial charge in [-0.25, -0.2) is 0 Å². The fourth-order valence-corrected chi connectivity index (χ4v) is 6.35. The van der Waals surface area contributed by atoms with Gasteiger partial charge in [0.05, 0.1) is 26.4 Å². The summed E-state index contributed by atoms with van der Waals surface area (Å²) in [5.41, 5.74) is 0. The van der Waals surface area contributed by atoms with Gasteiger partial charge in [-0.05, 0) is 0 Å². The molecule has 23 heteroatoms. The predicted octanol–water partition coefficient (Wildman–Crippen LogP) is -9.46. The highest BCUT2D eigenvalue weighted by Gasteiger charge is 2.56. The largest absolute Gasteiger partial charge is 0.394 e. The van der Waals surface area contributed by atoms with Gasteiger partial charge in [-0.3, -0.25) is 9.59 Å². The Labute approximate surface area is 289 Å². The van der Waals surface area contributed by atoms with E-state index in [1.807, 2.05) is 0 Å². The molecule has 0 radical (unpaired) electrons. The Hall–Kier alpha value is -1.82. The van der Waals surface area contributed by atoms with Crippen LogP contribution in [-0.4, -0.2) is 222 Å². The molecular formula is C28H48N2O21. The SMILES string of the molecule is CC(=O)N[C@@H]1[C@@H](O)[C@H](O[C@@H]2O[C@H](CO)[C@@H](O)[C@H](O[C@@H]3O[C@H](CO)[C@@H](O)[C@H](O[C@H]4O[C@H](CO)[C@@H](O)[C@H](O)[C@@H]4O)[C@@H]3O)[C@H]2NC(C)=O)[C@@H](CO)O[C@H]1O. The Morgan fingerprint density at radius 2 is 0.902 bits per heavy atom. The molecule has 0 saturated carbocycles. The number of rotatable bonds is 12. The van der Waals surface area contributed by atoms with Gasteiger partial charge < -0.3 is 105 Å². The first-order chi connectivity index (χ1) is 24.1. The molecule has 4 aliphatic heterocycles. The normalized spacial score (nSPS) is 47.8. The van der Waals surface area contributed by atoms with Crippen molar-refractivity contribution in [2.24, 2.45) is 0 Å². The lowest BCUT2D eigenvalue weighted by atomic mass is 9.93. The summed E-state index contributed by atoms with van der Waals surface area (Å²) in [6.45, 7) is -1.32. The molecule has 51 heavy (non-hydrogen) atoms. The van der Waals surface area contributed by atoms with Gasteiger partial charge in [0.15, 0.2) is 25.2 Å². The van der Waals surface area contributed by atoms with Gasteiger partial charge in [0.25, 0.3) is 0 Å². The number of amides is 2. The van der Waals surface area contributed by atoms with Crippen molar-refractivity contribution in [1.82, 2.24) is 10.6 Å². The van der Waals surface area contributed by atoms with Crippen LogP contribution in [0.15, 0.2) is 0 Å². The van der Waals surface area contributed by atoms with E-state index in [-0.39, 0.29) is 0 Å². The minimum absolute atomic E-state index is 0.670. The van der Waals surface area contributed by atoms with E-state index in [2.05, 4.69) is 10.6 Å². The standard InChI is InChI=1S/C28H48N2O21/c1-7(35)29-13-18(40)22(12(6-34)45-25(13)44)49-26-14(30-8(2)36)23(16(38)10(4-32)46-26)50-28-21(43)24(17(39)11(5-33)48-28)51-27-20(42)19(41)15(37)9(3-31)47-27/h9-28,31-34,37-44H,3-6H2,1-2H3,(H,29,35)(H,30,36)/t9-,10-,11-,12-,13-,14-,15-,16-,17-,18-,19+,20+,21+,22-,23-,24+,25-,26+,27-,28+/m1/s1. The van der Waals surface area contributed by atoms with Crippen molar-refractivity contribution >= 4 is 11.8 Å². The zero-order valence-corrected chi connectivity index (χ0v) is 27.4. The molecule has 4 aliphatic rings. The molecule has 4 heterocycles. The summed E-state index contributed by atoms with van der Waals surface area (Å²) in [5.74, 6) is -1.43. The zero-order chi connectivity index (χ0) is 37.9. The van der Waals surface area contributed by atoms with E-state index in [4.69, 9.17) is 33.2 Å². The molecule has 4 saturated heterocycles. The lowest BCUT2D eigenvalue weighted by Crippen LogP contribution is -2.70. The summed E-state index contributed by atoms with van der Waals surface area (Å²) < 4.78 is 39.3. The second-order valence-corrected chi connectivity index (χ2v) is 12.6. The fourth-order valence-electron chi connectivity index (χ4n) is 6.35. The molecule has 0 bridgehead atoms. The highest BCUT2D eigenvalue weighted by atomic mass is 16.8. The van der Waals surface area contributed by atoms with Crippen molar-refractivity contribution in [2.45, 2.75) is 137 Å². The van der Waals surface area contributed by atoms with Crippen LogP contribution in [0.3, 0.4) is 0 Å². The van der Waals surface area contributed by atoms with E-state index < -0.39 is 161 Å². The molecule has 14 N–H and O–H groups in total. The maximum Gasteiger partial charge on any atom is 0.217 e. The van der Waals surface area contributed by atoms with E-state index in [9.17, 15) is 70.9 Å². The van der Waals surface area contributed by atoms with E-state index >= 15 is 0 Å². The molecule has 4 fully saturated rings. The summed E-state index contributed by atoms with van der Waals surface area (Å²) in [4.78, 5) is 24.1. The number of carbonyl (C=O) groups is 2. The van der Waals surface area contributed by atoms with Gasteiger partial charge in [-0.15, -0.1) is 0 Å². The first-order valence-electron chi connectivity index (χ1n) is 16.1. The molecular weight excluding hydrogens is 700 g/mol. The van der Waals surface area contributed by atoms with Gasteiger partial charge in [0.2, 0.25) is 11.8 Å². The third kappa shape index (κ3) is 9.11. The maximum atomic E-state index is 12.4. The number of hydrogen-bond acceptors (Lipinski definition) is 21. The molecule has 0 aliphatic carbocycles. The highest BCUT2D eigenvalue weighted by Crippen LogP contribution is 2.34. The van der Waals surface area contributed by atoms with Gasteiger partial charge in [-0.1, -0.05) is 0 Å². The molecule has 20 atom stereocenters. The molecule has 4 rings (SSSR count). The van der Waals surface area contributed by atoms with Crippen LogP contribution in [0.5, 0.6) is 0 Å². The number of nitrogens with one attached hydrogen (secondary N) is 2. The van der Waals surface area contributed by atoms with Gasteiger partial charge in [0, 0.05) is 13.8 Å². The van der Waals surface area contributed by atoms with Crippen LogP contribution in [0, 0.1) is 0 Å². The third-order valence-electron chi connectivity index (χ3n) is 9.01. The van der Waals surface area contributed by atoms with E-state index in [0.29, 0.717) is 0 Å². The average molecular weight is 749 g/mol. The quantitative estimate of drug-likeness (QED) is 0.0881. The first kappa shape index (κ1) is 41.9. The molecule has 0 aromatic rings. The summed E-state index contributed by atoms with van der Waals surface area (Å²) in [6, 6.07) is -3.07. The van der Waals surface area contributed by atoms with Crippen molar-refractivity contribution in [3.63, 3.8) is 0 Å². The number of aliphatic hydroxyl groups is 12. The molecule has 2 amide bonds. The molecule has 0 unspecified atom stereocenters. The van der Waals surface area contributed by atoms with Gasteiger partial charge in [0.1, 0.15) is 97.5 Å². The Morgan fingerprint density at radius 1 is 0.471 bits per heavy atom. The number of ether oxygens (including phenoxy) is 7. The molecule has 0 spiro atoms. The predicted molar refractivity (Wildman–Crippen MR) is 157 cm³/mol. The highest BCUT2D eigenvalue weighted by molar-refractivity contribution is 5.73. The Bertz CT molecular complexity index is 1140. The molecule has 0 aromatic carbocycles. The third-order valence-corrected chi connectivity index (χ3v) is 9.01. The van der Waals surface area contributed by atoms with Crippen LogP contribution in [0.25, 0.3) is 0 Å². The Morgan fingerprint density at radius 3 is 1.43 bits per heavy atom. The Kier molecular flexibility index (Phi) is 14.8. The monoisotopic (exact) mass is 748 g/mol. The van der Waals surface area contributed by atoms with Crippen LogP contribution in [0.2, 0.25) is 0 Å². The van der Waals surface area contributed by atoms with Crippen LogP contribution in [-0.2, 0) is 42.7 Å². The first-order valence-corrected chi connectivity index (χ1v) is 16.1. The van der Waals surface area contributed by atoms with Crippen molar-refractivity contribution in [3.05, 3.63) is 0 Å². The van der Waals surface area contributed by atoms with Crippen molar-refractivity contribution in [2.75, 3.05) is 26.4 Å². The lowest BCUT2D eigenvalue weighted by molar-refractivity contribution is -0.378. The second-order valence-electron chi connectivity index (χ2n) is 12.6. The lowest BCUT2D eigenvalue weighted by Gasteiger charge is -2.50. The van der Waals surface area contributed by atoms with Gasteiger partial charge in [-0.2, -0.15) is 0 Å².